The van der Waals surface area contributed by atoms with Crippen molar-refractivity contribution in [3.8, 4) is 11.1 Å². The summed E-state index contributed by atoms with van der Waals surface area (Å²) in [6, 6.07) is 6.17. The van der Waals surface area contributed by atoms with Gasteiger partial charge in [-0.1, -0.05) is 25.5 Å². The van der Waals surface area contributed by atoms with Crippen molar-refractivity contribution in [2.24, 2.45) is 5.92 Å². The van der Waals surface area contributed by atoms with Crippen LogP contribution in [0.3, 0.4) is 0 Å². The zero-order valence-electron chi connectivity index (χ0n) is 14.5. The molecule has 3 rings (SSSR count). The minimum absolute atomic E-state index is 0.00890. The maximum Gasteiger partial charge on any atom is 0.269 e. The Morgan fingerprint density at radius 1 is 0.885 bits per heavy atom. The maximum absolute atomic E-state index is 14.6. The number of alkyl halides is 2. The first-order valence-electron chi connectivity index (χ1n) is 8.97. The van der Waals surface area contributed by atoms with E-state index >= 15 is 0 Å². The third-order valence-corrected chi connectivity index (χ3v) is 5.50. The molecule has 0 atom stereocenters. The third-order valence-electron chi connectivity index (χ3n) is 5.50. The molecule has 1 fully saturated rings. The normalized spacial score (nSPS) is 20.6. The van der Waals surface area contributed by atoms with Crippen LogP contribution in [0.4, 0.5) is 22.0 Å². The number of rotatable bonds is 4. The summed E-state index contributed by atoms with van der Waals surface area (Å²) < 4.78 is 67.4. The Hall–Kier alpha value is -1.91. The van der Waals surface area contributed by atoms with Crippen molar-refractivity contribution in [1.29, 1.82) is 0 Å². The molecule has 2 aromatic carbocycles. The van der Waals surface area contributed by atoms with E-state index in [1.54, 1.807) is 6.07 Å². The van der Waals surface area contributed by atoms with Gasteiger partial charge in [-0.3, -0.25) is 0 Å². The predicted octanol–water partition coefficient (Wildman–Crippen LogP) is 7.39. The number of benzene rings is 2. The lowest BCUT2D eigenvalue weighted by Gasteiger charge is -2.28. The maximum atomic E-state index is 14.6. The summed E-state index contributed by atoms with van der Waals surface area (Å²) in [6.45, 7) is 2.18. The lowest BCUT2D eigenvalue weighted by molar-refractivity contribution is 0.141. The summed E-state index contributed by atoms with van der Waals surface area (Å²) in [5.41, 5.74) is -0.470. The molecule has 0 N–H and O–H groups in total. The molecule has 2 aromatic rings. The van der Waals surface area contributed by atoms with Gasteiger partial charge in [0.1, 0.15) is 17.5 Å². The summed E-state index contributed by atoms with van der Waals surface area (Å²) in [4.78, 5) is 0. The first kappa shape index (κ1) is 18.9. The van der Waals surface area contributed by atoms with Crippen LogP contribution in [0.15, 0.2) is 30.3 Å². The van der Waals surface area contributed by atoms with Crippen LogP contribution in [0.1, 0.15) is 62.5 Å². The summed E-state index contributed by atoms with van der Waals surface area (Å²) in [7, 11) is 0. The van der Waals surface area contributed by atoms with Gasteiger partial charge in [0, 0.05) is 5.56 Å². The fraction of sp³-hybridized carbons (Fsp3) is 0.429. The van der Waals surface area contributed by atoms with Gasteiger partial charge in [0.15, 0.2) is 0 Å². The Morgan fingerprint density at radius 2 is 1.50 bits per heavy atom. The largest absolute Gasteiger partial charge is 0.269 e. The van der Waals surface area contributed by atoms with Crippen molar-refractivity contribution >= 4 is 0 Å². The van der Waals surface area contributed by atoms with Gasteiger partial charge in [-0.2, -0.15) is 0 Å². The highest BCUT2D eigenvalue weighted by Crippen LogP contribution is 2.38. The lowest BCUT2D eigenvalue weighted by atomic mass is 9.77. The molecule has 0 bridgehead atoms. The average molecular weight is 368 g/mol. The van der Waals surface area contributed by atoms with Gasteiger partial charge in [-0.15, -0.1) is 0 Å². The van der Waals surface area contributed by atoms with E-state index in [4.69, 9.17) is 0 Å². The fourth-order valence-corrected chi connectivity index (χ4v) is 3.87. The van der Waals surface area contributed by atoms with E-state index in [-0.39, 0.29) is 17.0 Å². The predicted molar refractivity (Wildman–Crippen MR) is 91.7 cm³/mol. The van der Waals surface area contributed by atoms with E-state index < -0.39 is 29.4 Å². The molecule has 0 aromatic heterocycles. The second kappa shape index (κ2) is 7.77. The standard InChI is InChI=1S/C21H21F5/c1-2-12-3-5-13(6-4-12)14-7-8-16(17(22)9-14)15-10-18(23)20(21(25)26)19(24)11-15/h7-13,21H,2-6H2,1H3. The molecular weight excluding hydrogens is 347 g/mol. The van der Waals surface area contributed by atoms with Crippen LogP contribution >= 0.6 is 0 Å². The van der Waals surface area contributed by atoms with Crippen LogP contribution in [0, 0.1) is 23.4 Å². The minimum Gasteiger partial charge on any atom is -0.206 e. The van der Waals surface area contributed by atoms with E-state index in [0.717, 1.165) is 55.7 Å². The van der Waals surface area contributed by atoms with Gasteiger partial charge in [-0.25, -0.2) is 22.0 Å². The van der Waals surface area contributed by atoms with Crippen LogP contribution in [0.2, 0.25) is 0 Å². The molecule has 0 amide bonds. The van der Waals surface area contributed by atoms with E-state index in [9.17, 15) is 22.0 Å². The van der Waals surface area contributed by atoms with Gasteiger partial charge < -0.3 is 0 Å². The number of hydrogen-bond donors (Lipinski definition) is 0. The minimum atomic E-state index is -3.26. The molecular formula is C21H21F5. The second-order valence-electron chi connectivity index (χ2n) is 7.02. The molecule has 26 heavy (non-hydrogen) atoms. The Bertz CT molecular complexity index is 753. The molecule has 0 unspecified atom stereocenters. The van der Waals surface area contributed by atoms with Gasteiger partial charge in [0.25, 0.3) is 6.43 Å². The van der Waals surface area contributed by atoms with Crippen molar-refractivity contribution in [2.45, 2.75) is 51.4 Å². The summed E-state index contributed by atoms with van der Waals surface area (Å²) in [5, 5.41) is 0. The highest BCUT2D eigenvalue weighted by atomic mass is 19.3. The van der Waals surface area contributed by atoms with Gasteiger partial charge in [-0.05, 0) is 66.8 Å². The molecule has 5 heteroatoms. The Labute approximate surface area is 150 Å². The Morgan fingerprint density at radius 3 is 2.00 bits per heavy atom. The monoisotopic (exact) mass is 368 g/mol. The van der Waals surface area contributed by atoms with Gasteiger partial charge in [0.2, 0.25) is 0 Å². The van der Waals surface area contributed by atoms with Crippen LogP contribution in [0.25, 0.3) is 11.1 Å². The fourth-order valence-electron chi connectivity index (χ4n) is 3.87. The first-order chi connectivity index (χ1) is 12.4. The highest BCUT2D eigenvalue weighted by Gasteiger charge is 2.24. The molecule has 0 heterocycles. The zero-order chi connectivity index (χ0) is 18.8. The van der Waals surface area contributed by atoms with Crippen molar-refractivity contribution in [3.05, 3.63) is 58.9 Å². The van der Waals surface area contributed by atoms with Gasteiger partial charge in [0.05, 0.1) is 5.56 Å². The molecule has 1 saturated carbocycles. The van der Waals surface area contributed by atoms with Gasteiger partial charge >= 0.3 is 0 Å². The summed E-state index contributed by atoms with van der Waals surface area (Å²) in [5.74, 6) is -2.30. The van der Waals surface area contributed by atoms with Crippen LogP contribution in [-0.4, -0.2) is 0 Å². The van der Waals surface area contributed by atoms with Crippen molar-refractivity contribution in [1.82, 2.24) is 0 Å². The van der Waals surface area contributed by atoms with E-state index in [1.807, 2.05) is 0 Å². The Balaban J connectivity index is 1.87. The van der Waals surface area contributed by atoms with Crippen LogP contribution in [-0.2, 0) is 0 Å². The van der Waals surface area contributed by atoms with Crippen molar-refractivity contribution < 1.29 is 22.0 Å². The van der Waals surface area contributed by atoms with Crippen LogP contribution < -0.4 is 0 Å². The highest BCUT2D eigenvalue weighted by molar-refractivity contribution is 5.65. The van der Waals surface area contributed by atoms with E-state index in [0.29, 0.717) is 0 Å². The topological polar surface area (TPSA) is 0 Å². The molecule has 140 valence electrons. The molecule has 1 aliphatic rings. The zero-order valence-corrected chi connectivity index (χ0v) is 14.5. The van der Waals surface area contributed by atoms with Crippen molar-refractivity contribution in [3.63, 3.8) is 0 Å². The molecule has 0 saturated heterocycles. The molecule has 1 aliphatic carbocycles. The molecule has 0 aliphatic heterocycles. The van der Waals surface area contributed by atoms with Crippen LogP contribution in [0.5, 0.6) is 0 Å². The Kier molecular flexibility index (Phi) is 5.64. The first-order valence-corrected chi connectivity index (χ1v) is 8.97. The molecule has 0 spiro atoms. The van der Waals surface area contributed by atoms with E-state index in [2.05, 4.69) is 6.92 Å². The quantitative estimate of drug-likeness (QED) is 0.494. The van der Waals surface area contributed by atoms with E-state index in [1.165, 1.54) is 12.1 Å². The lowest BCUT2D eigenvalue weighted by Crippen LogP contribution is -2.12. The summed E-state index contributed by atoms with van der Waals surface area (Å²) >= 11 is 0. The molecule has 0 nitrogen and oxygen atoms in total. The van der Waals surface area contributed by atoms with Crippen molar-refractivity contribution in [2.75, 3.05) is 0 Å². The number of hydrogen-bond acceptors (Lipinski definition) is 0. The number of halogens is 5. The average Bonchev–Trinajstić information content (AvgIpc) is 2.60. The second-order valence-corrected chi connectivity index (χ2v) is 7.02. The smallest absolute Gasteiger partial charge is 0.206 e. The molecule has 0 radical (unpaired) electrons. The summed E-state index contributed by atoms with van der Waals surface area (Å²) in [6.07, 6.45) is 2.15. The SMILES string of the molecule is CCC1CCC(c2ccc(-c3cc(F)c(C(F)F)c(F)c3)c(F)c2)CC1. The third kappa shape index (κ3) is 3.76.